The molecule has 0 spiro atoms. The number of nitrogens with one attached hydrogen (secondary N) is 1. The van der Waals surface area contributed by atoms with E-state index in [0.717, 1.165) is 12.1 Å². The first kappa shape index (κ1) is 20.7. The summed E-state index contributed by atoms with van der Waals surface area (Å²) < 4.78 is 13.7. The van der Waals surface area contributed by atoms with Crippen molar-refractivity contribution in [2.24, 2.45) is 5.92 Å². The highest BCUT2D eigenvalue weighted by molar-refractivity contribution is 8.00. The highest BCUT2D eigenvalue weighted by atomic mass is 32.2. The molecule has 1 heterocycles. The van der Waals surface area contributed by atoms with Crippen LogP contribution in [0.5, 0.6) is 0 Å². The lowest BCUT2D eigenvalue weighted by molar-refractivity contribution is -0.139. The van der Waals surface area contributed by atoms with E-state index < -0.39 is 6.04 Å². The highest BCUT2D eigenvalue weighted by Gasteiger charge is 2.41. The molecule has 1 aromatic carbocycles. The molecule has 1 saturated heterocycles. The summed E-state index contributed by atoms with van der Waals surface area (Å²) in [5.74, 6) is 0.0145. The topological polar surface area (TPSA) is 52.7 Å². The molecule has 5 nitrogen and oxygen atoms in total. The summed E-state index contributed by atoms with van der Waals surface area (Å²) in [5, 5.41) is 2.61. The van der Waals surface area contributed by atoms with Crippen molar-refractivity contribution in [2.75, 3.05) is 32.9 Å². The van der Waals surface area contributed by atoms with Gasteiger partial charge in [0.05, 0.1) is 5.75 Å². The van der Waals surface area contributed by atoms with E-state index in [-0.39, 0.29) is 28.9 Å². The van der Waals surface area contributed by atoms with Crippen molar-refractivity contribution < 1.29 is 14.0 Å². The molecule has 0 radical (unpaired) electrons. The van der Waals surface area contributed by atoms with Gasteiger partial charge in [-0.2, -0.15) is 0 Å². The number of rotatable bonds is 8. The van der Waals surface area contributed by atoms with Crippen molar-refractivity contribution >= 4 is 23.6 Å². The number of benzene rings is 1. The third-order valence-corrected chi connectivity index (χ3v) is 5.46. The standard InChI is InChI=1S/C19H28FN3O2S/c1-13(2)10-16(18(25)21-8-9-22(3)4)23-17(24)12-26-19(23)14-6-5-7-15(20)11-14/h5-7,11,13,16,19H,8-10,12H2,1-4H3,(H,21,25)/t16-,19-/m1/s1. The number of likely N-dealkylation sites (N-methyl/N-ethyl adjacent to an activating group) is 1. The number of nitrogens with zero attached hydrogens (tertiary/aromatic N) is 2. The molecule has 1 aliphatic rings. The van der Waals surface area contributed by atoms with Crippen molar-refractivity contribution in [1.29, 1.82) is 0 Å². The van der Waals surface area contributed by atoms with Gasteiger partial charge >= 0.3 is 0 Å². The summed E-state index contributed by atoms with van der Waals surface area (Å²) in [6.07, 6.45) is 0.575. The number of thioether (sulfide) groups is 1. The number of hydrogen-bond acceptors (Lipinski definition) is 4. The van der Waals surface area contributed by atoms with Crippen LogP contribution >= 0.6 is 11.8 Å². The molecule has 1 fully saturated rings. The molecule has 0 aliphatic carbocycles. The van der Waals surface area contributed by atoms with Gasteiger partial charge in [-0.3, -0.25) is 9.59 Å². The minimum absolute atomic E-state index is 0.0716. The van der Waals surface area contributed by atoms with Gasteiger partial charge in [-0.15, -0.1) is 11.8 Å². The minimum Gasteiger partial charge on any atom is -0.353 e. The first-order chi connectivity index (χ1) is 12.3. The molecular formula is C19H28FN3O2S. The average Bonchev–Trinajstić information content (AvgIpc) is 2.93. The van der Waals surface area contributed by atoms with Crippen molar-refractivity contribution in [1.82, 2.24) is 15.1 Å². The third-order valence-electron chi connectivity index (χ3n) is 4.23. The van der Waals surface area contributed by atoms with Crippen molar-refractivity contribution in [3.63, 3.8) is 0 Å². The van der Waals surface area contributed by atoms with E-state index >= 15 is 0 Å². The molecule has 7 heteroatoms. The predicted octanol–water partition coefficient (Wildman–Crippen LogP) is 2.49. The quantitative estimate of drug-likeness (QED) is 0.752. The molecule has 0 aromatic heterocycles. The molecule has 1 aromatic rings. The van der Waals surface area contributed by atoms with Crippen LogP contribution in [0.15, 0.2) is 24.3 Å². The molecule has 26 heavy (non-hydrogen) atoms. The van der Waals surface area contributed by atoms with E-state index in [1.165, 1.54) is 23.9 Å². The van der Waals surface area contributed by atoms with E-state index in [1.54, 1.807) is 11.0 Å². The zero-order valence-corrected chi connectivity index (χ0v) is 16.7. The maximum atomic E-state index is 13.7. The summed E-state index contributed by atoms with van der Waals surface area (Å²) in [6, 6.07) is 5.73. The fraction of sp³-hybridized carbons (Fsp3) is 0.579. The first-order valence-corrected chi connectivity index (χ1v) is 9.95. The molecule has 0 bridgehead atoms. The van der Waals surface area contributed by atoms with Gasteiger partial charge in [0.25, 0.3) is 0 Å². The zero-order valence-electron chi connectivity index (χ0n) is 15.9. The second-order valence-corrected chi connectivity index (χ2v) is 8.33. The van der Waals surface area contributed by atoms with Crippen LogP contribution in [0, 0.1) is 11.7 Å². The average molecular weight is 382 g/mol. The highest BCUT2D eigenvalue weighted by Crippen LogP contribution is 2.41. The molecule has 1 N–H and O–H groups in total. The normalized spacial score (nSPS) is 18.7. The summed E-state index contributed by atoms with van der Waals surface area (Å²) in [7, 11) is 3.89. The Labute approximate surface area is 159 Å². The number of carbonyl (C=O) groups excluding carboxylic acids is 2. The molecule has 0 unspecified atom stereocenters. The van der Waals surface area contributed by atoms with E-state index in [4.69, 9.17) is 0 Å². The van der Waals surface area contributed by atoms with Gasteiger partial charge in [-0.25, -0.2) is 4.39 Å². The fourth-order valence-corrected chi connectivity index (χ4v) is 4.22. The number of carbonyl (C=O) groups is 2. The Morgan fingerprint density at radius 1 is 1.42 bits per heavy atom. The van der Waals surface area contributed by atoms with E-state index in [9.17, 15) is 14.0 Å². The lowest BCUT2D eigenvalue weighted by atomic mass is 10.0. The van der Waals surface area contributed by atoms with Gasteiger partial charge in [0.2, 0.25) is 11.8 Å². The Hall–Kier alpha value is -1.60. The second-order valence-electron chi connectivity index (χ2n) is 7.26. The molecule has 2 rings (SSSR count). The Kier molecular flexibility index (Phi) is 7.46. The summed E-state index contributed by atoms with van der Waals surface area (Å²) in [6.45, 7) is 5.33. The van der Waals surface area contributed by atoms with Crippen LogP contribution in [0.4, 0.5) is 4.39 Å². The van der Waals surface area contributed by atoms with E-state index in [2.05, 4.69) is 5.32 Å². The fourth-order valence-electron chi connectivity index (χ4n) is 3.00. The maximum Gasteiger partial charge on any atom is 0.242 e. The monoisotopic (exact) mass is 381 g/mol. The Morgan fingerprint density at radius 2 is 2.15 bits per heavy atom. The van der Waals surface area contributed by atoms with Gasteiger partial charge in [0, 0.05) is 13.1 Å². The Bertz CT molecular complexity index is 639. The first-order valence-electron chi connectivity index (χ1n) is 8.90. The summed E-state index contributed by atoms with van der Waals surface area (Å²) >= 11 is 1.44. The zero-order chi connectivity index (χ0) is 19.3. The van der Waals surface area contributed by atoms with Crippen LogP contribution in [0.3, 0.4) is 0 Å². The van der Waals surface area contributed by atoms with Gasteiger partial charge in [-0.05, 0) is 44.1 Å². The number of halogens is 1. The third kappa shape index (κ3) is 5.45. The number of amides is 2. The second kappa shape index (κ2) is 9.37. The van der Waals surface area contributed by atoms with Crippen LogP contribution < -0.4 is 5.32 Å². The van der Waals surface area contributed by atoms with Gasteiger partial charge in [0.15, 0.2) is 0 Å². The van der Waals surface area contributed by atoms with Crippen molar-refractivity contribution in [2.45, 2.75) is 31.7 Å². The Balaban J connectivity index is 2.22. The van der Waals surface area contributed by atoms with Crippen molar-refractivity contribution in [3.8, 4) is 0 Å². The molecular weight excluding hydrogens is 353 g/mol. The largest absolute Gasteiger partial charge is 0.353 e. The SMILES string of the molecule is CC(C)C[C@H](C(=O)NCCN(C)C)N1C(=O)CS[C@@H]1c1cccc(F)c1. The molecule has 2 amide bonds. The van der Waals surface area contributed by atoms with E-state index in [1.807, 2.05) is 38.9 Å². The smallest absolute Gasteiger partial charge is 0.242 e. The molecule has 2 atom stereocenters. The Morgan fingerprint density at radius 3 is 2.77 bits per heavy atom. The van der Waals surface area contributed by atoms with Gasteiger partial charge < -0.3 is 15.1 Å². The van der Waals surface area contributed by atoms with Crippen LogP contribution in [0.2, 0.25) is 0 Å². The maximum absolute atomic E-state index is 13.7. The van der Waals surface area contributed by atoms with Crippen LogP contribution in [0.25, 0.3) is 0 Å². The molecule has 0 saturated carbocycles. The minimum atomic E-state index is -0.548. The van der Waals surface area contributed by atoms with Crippen LogP contribution in [-0.2, 0) is 9.59 Å². The molecule has 1 aliphatic heterocycles. The lowest BCUT2D eigenvalue weighted by Gasteiger charge is -2.33. The lowest BCUT2D eigenvalue weighted by Crippen LogP contribution is -2.50. The van der Waals surface area contributed by atoms with Crippen LogP contribution in [-0.4, -0.2) is 60.6 Å². The molecule has 144 valence electrons. The van der Waals surface area contributed by atoms with Gasteiger partial charge in [-0.1, -0.05) is 26.0 Å². The van der Waals surface area contributed by atoms with Gasteiger partial charge in [0.1, 0.15) is 17.2 Å². The van der Waals surface area contributed by atoms with Crippen molar-refractivity contribution in [3.05, 3.63) is 35.6 Å². The van der Waals surface area contributed by atoms with Crippen LogP contribution in [0.1, 0.15) is 31.2 Å². The number of hydrogen-bond donors (Lipinski definition) is 1. The summed E-state index contributed by atoms with van der Waals surface area (Å²) in [5.41, 5.74) is 0.718. The summed E-state index contributed by atoms with van der Waals surface area (Å²) in [4.78, 5) is 29.0. The predicted molar refractivity (Wildman–Crippen MR) is 103 cm³/mol. The van der Waals surface area contributed by atoms with E-state index in [0.29, 0.717) is 18.7 Å².